The number of pyridine rings is 4. The van der Waals surface area contributed by atoms with E-state index >= 15 is 0 Å². The minimum Gasteiger partial charge on any atom is -0.385 e. The number of amides is 2. The zero-order chi connectivity index (χ0) is 73.2. The molecular weight excluding hydrogens is 2460 g/mol. The van der Waals surface area contributed by atoms with Gasteiger partial charge < -0.3 is 59.0 Å². The van der Waals surface area contributed by atoms with Crippen LogP contribution >= 0.6 is 0 Å². The molecule has 12 aromatic rings. The summed E-state index contributed by atoms with van der Waals surface area (Å²) in [5, 5.41) is 5.35. The van der Waals surface area contributed by atoms with Gasteiger partial charge in [-0.05, 0) is 94.2 Å². The van der Waals surface area contributed by atoms with Gasteiger partial charge in [-0.15, -0.1) is 41.0 Å². The van der Waals surface area contributed by atoms with Crippen LogP contribution in [0.3, 0.4) is 0 Å². The Kier molecular flexibility index (Phi) is 53.2. The maximum absolute atomic E-state index is 12.4. The molecule has 0 radical (unpaired) electrons. The normalized spacial score (nSPS) is 10.9. The van der Waals surface area contributed by atoms with E-state index in [4.69, 9.17) is 0 Å². The first-order valence-corrected chi connectivity index (χ1v) is 33.7. The summed E-state index contributed by atoms with van der Waals surface area (Å²) in [7, 11) is 2.16. The van der Waals surface area contributed by atoms with Crippen LogP contribution < -0.4 is 185 Å². The molecule has 1 aliphatic rings. The Labute approximate surface area is 872 Å². The molecule has 0 saturated carbocycles. The monoisotopic (exact) mass is 2540 g/mol. The molecule has 1 fully saturated rings. The van der Waals surface area contributed by atoms with Crippen molar-refractivity contribution in [3.8, 4) is 5.69 Å². The van der Waals surface area contributed by atoms with Crippen LogP contribution in [0.2, 0.25) is 0 Å². The van der Waals surface area contributed by atoms with Crippen molar-refractivity contribution in [2.24, 2.45) is 0 Å². The van der Waals surface area contributed by atoms with E-state index in [9.17, 15) is 24.0 Å². The number of ketones is 3. The predicted molar refractivity (Wildman–Crippen MR) is 400 cm³/mol. The van der Waals surface area contributed by atoms with Crippen LogP contribution in [0.25, 0.3) is 5.69 Å². The number of hydrogen-bond donors (Lipinski definition) is 2. The van der Waals surface area contributed by atoms with E-state index in [0.717, 1.165) is 112 Å². The summed E-state index contributed by atoms with van der Waals surface area (Å²) in [6, 6.07) is 67.8. The van der Waals surface area contributed by atoms with Crippen molar-refractivity contribution in [3.05, 3.63) is 350 Å². The molecule has 25 heteroatoms. The van der Waals surface area contributed by atoms with E-state index < -0.39 is 0 Å². The zero-order valence-corrected chi connectivity index (χ0v) is 94.3. The number of aryl methyl sites for hydroxylation is 9. The smallest absolute Gasteiger partial charge is 0.385 e. The van der Waals surface area contributed by atoms with Gasteiger partial charge >= 0.3 is 175 Å². The Balaban J connectivity index is 0.000000688. The van der Waals surface area contributed by atoms with Crippen LogP contribution in [-0.4, -0.2) is 111 Å². The van der Waals surface area contributed by atoms with Gasteiger partial charge in [-0.3, -0.25) is 14.5 Å². The number of likely N-dealkylation sites (N-methyl/N-ethyl adjacent to an activating group) is 1. The van der Waals surface area contributed by atoms with Gasteiger partial charge in [0, 0.05) is 193 Å². The number of aromatic nitrogens is 8. The number of anilines is 2. The predicted octanol–water partition coefficient (Wildman–Crippen LogP) is 5.15. The topological polar surface area (TPSA) is 203 Å². The third-order valence-corrected chi connectivity index (χ3v) is 16.4. The van der Waals surface area contributed by atoms with Crippen molar-refractivity contribution in [1.29, 1.82) is 0 Å². The van der Waals surface area contributed by atoms with Crippen molar-refractivity contribution in [3.63, 3.8) is 0 Å². The molecule has 1 aliphatic heterocycles. The zero-order valence-electron chi connectivity index (χ0n) is 64.9. The van der Waals surface area contributed by atoms with Gasteiger partial charge in [-0.2, -0.15) is 144 Å². The van der Waals surface area contributed by atoms with Crippen LogP contribution in [-0.2, 0) is 138 Å². The van der Waals surface area contributed by atoms with E-state index in [1.807, 2.05) is 145 Å². The van der Waals surface area contributed by atoms with Crippen molar-refractivity contribution in [2.75, 3.05) is 43.9 Å². The van der Waals surface area contributed by atoms with Crippen LogP contribution in [0.1, 0.15) is 130 Å². The first-order valence-electron chi connectivity index (χ1n) is 33.7. The fourth-order valence-electron chi connectivity index (χ4n) is 10.5. The summed E-state index contributed by atoms with van der Waals surface area (Å²) in [6.45, 7) is 23.9. The molecule has 6 aromatic carbocycles. The van der Waals surface area contributed by atoms with Gasteiger partial charge in [0.1, 0.15) is 11.6 Å². The van der Waals surface area contributed by atoms with Gasteiger partial charge in [-0.1, -0.05) is 93.1 Å². The minimum atomic E-state index is -0.304. The third kappa shape index (κ3) is 37.3. The van der Waals surface area contributed by atoms with E-state index in [1.54, 1.807) is 61.1 Å². The Morgan fingerprint density at radius 3 is 1.51 bits per heavy atom. The van der Waals surface area contributed by atoms with Gasteiger partial charge in [0.15, 0.2) is 0 Å². The molecule has 1 saturated heterocycles. The average molecular weight is 2540 g/mol. The molecule has 554 valence electrons. The molecule has 0 unspecified atom stereocenters. The summed E-state index contributed by atoms with van der Waals surface area (Å²) >= 11 is 0. The molecule has 0 aliphatic carbocycles. The Hall–Kier alpha value is -2.93. The first-order chi connectivity index (χ1) is 49.6. The number of nitrogens with zero attached hydrogens (tertiary/aromatic N) is 10. The molecular formula is C86H82N12O5Rb3W5-5. The van der Waals surface area contributed by atoms with Gasteiger partial charge in [-0.25, -0.2) is 22.1 Å². The SMILES string of the molecule is Cc1[c-]cc(C(=O)Cc2c[c-]c(CN3CCN(C)CC3)cc2)cn1.Cc1[c-]cc(C(=O)Cc2cc(C)cc(-n3cnc(C)c3)c2)cc1.Cc1[c-]cc(C(=O)Cc2ccc(Cn3cnc(C)c3)c(C)c2)cc1.Cc1[c-]cc(NC(=O)c2c[c-]ccn2)cc1.Cc1[c-]nc(NC(=O)c2c[c-]ccn2)cc1.[Rb+].[Rb+].[Rb+].[W].[W].[W].[W].[W]. The van der Waals surface area contributed by atoms with E-state index in [0.29, 0.717) is 53.3 Å². The summed E-state index contributed by atoms with van der Waals surface area (Å²) < 4.78 is 4.06. The second-order valence-corrected chi connectivity index (χ2v) is 25.3. The quantitative estimate of drug-likeness (QED) is 0.0845. The Bertz CT molecular complexity index is 4680. The van der Waals surface area contributed by atoms with E-state index in [2.05, 4.69) is 148 Å². The second kappa shape index (κ2) is 55.7. The Morgan fingerprint density at radius 2 is 1.02 bits per heavy atom. The minimum absolute atomic E-state index is 0. The van der Waals surface area contributed by atoms with Crippen molar-refractivity contribution in [1.82, 2.24) is 48.8 Å². The Morgan fingerprint density at radius 1 is 0.468 bits per heavy atom. The molecule has 2 amide bonds. The molecule has 0 bridgehead atoms. The van der Waals surface area contributed by atoms with Crippen molar-refractivity contribution < 1.29 is 304 Å². The molecule has 13 rings (SSSR count). The molecule has 0 spiro atoms. The first kappa shape index (κ1) is 106. The molecule has 17 nitrogen and oxygen atoms in total. The van der Waals surface area contributed by atoms with E-state index in [1.165, 1.54) is 35.2 Å². The van der Waals surface area contributed by atoms with Crippen LogP contribution in [0.15, 0.2) is 195 Å². The largest absolute Gasteiger partial charge is 1.00 e. The van der Waals surface area contributed by atoms with Gasteiger partial charge in [0.2, 0.25) is 11.8 Å². The van der Waals surface area contributed by atoms with Gasteiger partial charge in [0.05, 0.1) is 29.8 Å². The average Bonchev–Trinajstić information content (AvgIpc) is 1.74. The summed E-state index contributed by atoms with van der Waals surface area (Å²) in [5.74, 6) is 0.221. The molecule has 7 heterocycles. The number of benzene rings is 6. The standard InChI is InChI=1S/C21H21N2O.C20H23N3O.C20H19N2O.C13H10N2O.C12H9N3O.3Rb.5W/c1-15-4-7-19(8-5-15)21(24)11-18-6-9-20(16(2)10-18)13-23-12-17(3)22-14-23;1-16-3-8-19(14-21-16)20(24)13-17-4-6-18(7-5-17)15-23-11-9-22(2)10-12-23;1-14-4-6-18(7-5-14)20(23)11-17-8-15(2)9-19(10-17)22-12-16(3)21-13-22;1-10-5-7-11(8-6-10)15-13(16)12-4-2-3-9-14-12;1-9-5-6-11(14-8-9)15-12(16)10-4-2-3-7-13-10;;;;;;;;/h4,6-10,12,14H,11,13H2,1-3H3;4-6,8,14H,9-13,15H2,1-2H3;4,6-10,12-13H,11H2,1-3H3;3-5,7-9H,1H3,(H,15,16);3-7H,1H3,(H,14,15,16);;;;;;;;/q-1;-2;-1;2*-2;3*+1;;;;;. The molecule has 6 aromatic heterocycles. The van der Waals surface area contributed by atoms with Crippen molar-refractivity contribution >= 4 is 40.7 Å². The number of rotatable bonds is 18. The van der Waals surface area contributed by atoms with E-state index in [-0.39, 0.29) is 309 Å². The number of carbonyl (C=O) groups is 5. The molecule has 0 atom stereocenters. The maximum atomic E-state index is 12.4. The fraction of sp³-hybridized carbons (Fsp3) is 0.221. The number of imidazole rings is 2. The summed E-state index contributed by atoms with van der Waals surface area (Å²) in [4.78, 5) is 89.7. The van der Waals surface area contributed by atoms with Crippen LogP contribution in [0.5, 0.6) is 0 Å². The fourth-order valence-corrected chi connectivity index (χ4v) is 10.5. The summed E-state index contributed by atoms with van der Waals surface area (Å²) in [5.41, 5.74) is 19.1. The molecule has 111 heavy (non-hydrogen) atoms. The summed E-state index contributed by atoms with van der Waals surface area (Å²) in [6.07, 6.45) is 16.3. The maximum Gasteiger partial charge on any atom is 1.00 e. The third-order valence-electron chi connectivity index (χ3n) is 16.4. The van der Waals surface area contributed by atoms with Gasteiger partial charge in [0.25, 0.3) is 0 Å². The molecule has 2 N–H and O–H groups in total. The van der Waals surface area contributed by atoms with Crippen LogP contribution in [0.4, 0.5) is 11.5 Å². The second-order valence-electron chi connectivity index (χ2n) is 25.3. The number of piperazine rings is 1. The number of Topliss-reactive ketones (excluding diaryl/α,β-unsaturated/α-hetero) is 3. The number of nitrogens with one attached hydrogen (secondary N) is 2. The van der Waals surface area contributed by atoms with Crippen molar-refractivity contribution in [2.45, 2.75) is 94.7 Å². The number of carbonyl (C=O) groups excluding carboxylic acids is 5. The number of hydrogen-bond acceptors (Lipinski definition) is 13. The van der Waals surface area contributed by atoms with Crippen LogP contribution in [0, 0.1) is 111 Å².